The first-order chi connectivity index (χ1) is 11.6. The molecule has 0 aliphatic carbocycles. The van der Waals surface area contributed by atoms with E-state index >= 15 is 0 Å². The number of hydrogen-bond acceptors (Lipinski definition) is 2. The normalized spacial score (nSPS) is 11.9. The zero-order valence-electron chi connectivity index (χ0n) is 13.3. The van der Waals surface area contributed by atoms with Gasteiger partial charge in [-0.25, -0.2) is 0 Å². The summed E-state index contributed by atoms with van der Waals surface area (Å²) in [6.07, 6.45) is -0.554. The molecule has 3 rings (SSSR count). The van der Waals surface area contributed by atoms with E-state index in [-0.39, 0.29) is 5.91 Å². The second kappa shape index (κ2) is 7.49. The summed E-state index contributed by atoms with van der Waals surface area (Å²) in [5.74, 6) is 0.539. The van der Waals surface area contributed by atoms with Crippen LogP contribution in [0.3, 0.4) is 0 Å². The summed E-state index contributed by atoms with van der Waals surface area (Å²) in [5, 5.41) is 5.27. The van der Waals surface area contributed by atoms with Gasteiger partial charge in [0.25, 0.3) is 5.91 Å². The van der Waals surface area contributed by atoms with Gasteiger partial charge in [0.2, 0.25) is 0 Å². The Bertz CT molecular complexity index is 840. The number of fused-ring (bicyclic) bond motifs is 1. The smallest absolute Gasteiger partial charge is 0.261 e. The number of nitrogens with one attached hydrogen (secondary N) is 1. The second-order valence-electron chi connectivity index (χ2n) is 5.57. The molecule has 24 heavy (non-hydrogen) atoms. The predicted octanol–water partition coefficient (Wildman–Crippen LogP) is 4.69. The topological polar surface area (TPSA) is 38.3 Å². The zero-order chi connectivity index (χ0) is 16.9. The number of carbonyl (C=O) groups is 1. The molecular weight excluding hydrogens is 366 g/mol. The van der Waals surface area contributed by atoms with Crippen molar-refractivity contribution in [1.29, 1.82) is 0 Å². The van der Waals surface area contributed by atoms with E-state index in [2.05, 4.69) is 39.4 Å². The molecule has 4 heteroatoms. The van der Waals surface area contributed by atoms with Crippen molar-refractivity contribution in [3.05, 3.63) is 76.8 Å². The molecule has 0 heterocycles. The Labute approximate surface area is 149 Å². The van der Waals surface area contributed by atoms with E-state index < -0.39 is 6.10 Å². The molecule has 3 aromatic carbocycles. The number of rotatable bonds is 5. The van der Waals surface area contributed by atoms with Crippen molar-refractivity contribution < 1.29 is 9.53 Å². The van der Waals surface area contributed by atoms with Crippen LogP contribution in [0, 0.1) is 0 Å². The molecule has 0 aliphatic heterocycles. The summed E-state index contributed by atoms with van der Waals surface area (Å²) in [4.78, 5) is 12.3. The fourth-order valence-corrected chi connectivity index (χ4v) is 2.81. The molecule has 0 fully saturated rings. The molecule has 0 aliphatic rings. The minimum absolute atomic E-state index is 0.133. The van der Waals surface area contributed by atoms with Gasteiger partial charge >= 0.3 is 0 Å². The van der Waals surface area contributed by atoms with E-state index in [0.29, 0.717) is 12.3 Å². The quantitative estimate of drug-likeness (QED) is 0.693. The van der Waals surface area contributed by atoms with Crippen molar-refractivity contribution in [2.45, 2.75) is 19.6 Å². The van der Waals surface area contributed by atoms with Crippen LogP contribution in [0.2, 0.25) is 0 Å². The molecule has 0 aromatic heterocycles. The summed E-state index contributed by atoms with van der Waals surface area (Å²) < 4.78 is 6.65. The molecule has 0 spiro atoms. The number of benzene rings is 3. The van der Waals surface area contributed by atoms with Gasteiger partial charge in [-0.05, 0) is 47.5 Å². The third-order valence-corrected chi connectivity index (χ3v) is 4.36. The molecule has 3 aromatic rings. The fourth-order valence-electron chi connectivity index (χ4n) is 2.54. The van der Waals surface area contributed by atoms with Gasteiger partial charge < -0.3 is 10.1 Å². The van der Waals surface area contributed by atoms with Gasteiger partial charge in [0.15, 0.2) is 6.10 Å². The Morgan fingerprint density at radius 3 is 2.54 bits per heavy atom. The maximum Gasteiger partial charge on any atom is 0.261 e. The molecule has 122 valence electrons. The van der Waals surface area contributed by atoms with Gasteiger partial charge in [-0.1, -0.05) is 58.4 Å². The Morgan fingerprint density at radius 1 is 1.04 bits per heavy atom. The highest BCUT2D eigenvalue weighted by Crippen LogP contribution is 2.19. The van der Waals surface area contributed by atoms with Crippen molar-refractivity contribution in [3.63, 3.8) is 0 Å². The second-order valence-corrected chi connectivity index (χ2v) is 6.49. The monoisotopic (exact) mass is 383 g/mol. The number of ether oxygens (including phenoxy) is 1. The molecule has 0 saturated carbocycles. The summed E-state index contributed by atoms with van der Waals surface area (Å²) >= 11 is 3.38. The van der Waals surface area contributed by atoms with E-state index in [0.717, 1.165) is 15.4 Å². The average molecular weight is 384 g/mol. The van der Waals surface area contributed by atoms with Gasteiger partial charge in [-0.15, -0.1) is 0 Å². The number of carbonyl (C=O) groups excluding carboxylic acids is 1. The largest absolute Gasteiger partial charge is 0.481 e. The summed E-state index contributed by atoms with van der Waals surface area (Å²) in [6.45, 7) is 2.23. The third kappa shape index (κ3) is 3.95. The molecule has 0 unspecified atom stereocenters. The van der Waals surface area contributed by atoms with Crippen molar-refractivity contribution in [2.24, 2.45) is 0 Å². The molecule has 1 atom stereocenters. The molecule has 0 saturated heterocycles. The maximum atomic E-state index is 12.3. The van der Waals surface area contributed by atoms with Crippen LogP contribution in [0.25, 0.3) is 10.8 Å². The zero-order valence-corrected chi connectivity index (χ0v) is 14.9. The van der Waals surface area contributed by atoms with Crippen molar-refractivity contribution in [1.82, 2.24) is 5.32 Å². The third-order valence-electron chi connectivity index (χ3n) is 3.83. The van der Waals surface area contributed by atoms with E-state index in [1.807, 2.05) is 48.5 Å². The Balaban J connectivity index is 1.63. The molecule has 1 amide bonds. The van der Waals surface area contributed by atoms with E-state index in [9.17, 15) is 4.79 Å². The maximum absolute atomic E-state index is 12.3. The van der Waals surface area contributed by atoms with Crippen LogP contribution in [-0.4, -0.2) is 12.0 Å². The first-order valence-electron chi connectivity index (χ1n) is 7.80. The van der Waals surface area contributed by atoms with Crippen molar-refractivity contribution in [3.8, 4) is 5.75 Å². The Kier molecular flexibility index (Phi) is 5.16. The summed E-state index contributed by atoms with van der Waals surface area (Å²) in [5.41, 5.74) is 1.09. The number of amides is 1. The van der Waals surface area contributed by atoms with Gasteiger partial charge in [-0.2, -0.15) is 0 Å². The van der Waals surface area contributed by atoms with Crippen LogP contribution in [0.15, 0.2) is 71.2 Å². The van der Waals surface area contributed by atoms with E-state index in [4.69, 9.17) is 4.74 Å². The van der Waals surface area contributed by atoms with Crippen molar-refractivity contribution >= 4 is 32.6 Å². The number of halogens is 1. The highest BCUT2D eigenvalue weighted by Gasteiger charge is 2.14. The highest BCUT2D eigenvalue weighted by molar-refractivity contribution is 9.10. The van der Waals surface area contributed by atoms with Crippen LogP contribution in [0.1, 0.15) is 12.5 Å². The SMILES string of the molecule is C[C@@H](Oc1ccc(Br)cc1)C(=O)NCc1cccc2ccccc12. The van der Waals surface area contributed by atoms with Crippen molar-refractivity contribution in [2.75, 3.05) is 0 Å². The molecule has 1 N–H and O–H groups in total. The van der Waals surface area contributed by atoms with Crippen LogP contribution in [0.5, 0.6) is 5.75 Å². The molecule has 0 bridgehead atoms. The van der Waals surface area contributed by atoms with Crippen LogP contribution in [0.4, 0.5) is 0 Å². The minimum atomic E-state index is -0.554. The number of hydrogen-bond donors (Lipinski definition) is 1. The highest BCUT2D eigenvalue weighted by atomic mass is 79.9. The summed E-state index contributed by atoms with van der Waals surface area (Å²) in [7, 11) is 0. The Hall–Kier alpha value is -2.33. The minimum Gasteiger partial charge on any atom is -0.481 e. The lowest BCUT2D eigenvalue weighted by molar-refractivity contribution is -0.127. The van der Waals surface area contributed by atoms with Crippen LogP contribution < -0.4 is 10.1 Å². The lowest BCUT2D eigenvalue weighted by atomic mass is 10.0. The van der Waals surface area contributed by atoms with Gasteiger partial charge in [0.1, 0.15) is 5.75 Å². The first kappa shape index (κ1) is 16.5. The van der Waals surface area contributed by atoms with E-state index in [1.165, 1.54) is 5.39 Å². The van der Waals surface area contributed by atoms with Gasteiger partial charge in [0, 0.05) is 11.0 Å². The fraction of sp³-hybridized carbons (Fsp3) is 0.150. The molecular formula is C20H18BrNO2. The lowest BCUT2D eigenvalue weighted by Crippen LogP contribution is -2.35. The summed E-state index contributed by atoms with van der Waals surface area (Å²) in [6, 6.07) is 21.7. The van der Waals surface area contributed by atoms with Crippen LogP contribution >= 0.6 is 15.9 Å². The predicted molar refractivity (Wildman–Crippen MR) is 100 cm³/mol. The first-order valence-corrected chi connectivity index (χ1v) is 8.59. The standard InChI is InChI=1S/C20H18BrNO2/c1-14(24-18-11-9-17(21)10-12-18)20(23)22-13-16-7-4-6-15-5-2-3-8-19(15)16/h2-12,14H,13H2,1H3,(H,22,23)/t14-/m1/s1. The molecule has 0 radical (unpaired) electrons. The van der Waals surface area contributed by atoms with E-state index in [1.54, 1.807) is 6.92 Å². The Morgan fingerprint density at radius 2 is 1.75 bits per heavy atom. The van der Waals surface area contributed by atoms with Gasteiger partial charge in [-0.3, -0.25) is 4.79 Å². The average Bonchev–Trinajstić information content (AvgIpc) is 2.61. The van der Waals surface area contributed by atoms with Gasteiger partial charge in [0.05, 0.1) is 0 Å². The lowest BCUT2D eigenvalue weighted by Gasteiger charge is -2.15. The van der Waals surface area contributed by atoms with Crippen LogP contribution in [-0.2, 0) is 11.3 Å². The molecule has 3 nitrogen and oxygen atoms in total.